The number of hydrogen-bond donors (Lipinski definition) is 15. The summed E-state index contributed by atoms with van der Waals surface area (Å²) in [6, 6.07) is 0. The van der Waals surface area contributed by atoms with Crippen LogP contribution in [0.3, 0.4) is 0 Å². The highest BCUT2D eigenvalue weighted by Crippen LogP contribution is 2.76. The number of carbonyl (C=O) groups excluding carboxylic acids is 1. The predicted octanol–water partition coefficient (Wildman–Crippen LogP) is -2.54. The third-order valence-electron chi connectivity index (χ3n) is 23.1. The van der Waals surface area contributed by atoms with E-state index in [0.29, 0.717) is 38.5 Å². The molecule has 26 heteroatoms. The van der Waals surface area contributed by atoms with Crippen LogP contribution >= 0.6 is 0 Å². The fourth-order valence-corrected chi connectivity index (χ4v) is 17.6. The zero-order valence-corrected chi connectivity index (χ0v) is 49.8. The molecule has 10 aliphatic rings. The number of carbonyl (C=O) groups is 1. The van der Waals surface area contributed by atoms with Gasteiger partial charge in [-0.15, -0.1) is 0 Å². The average molecular weight is 1220 g/mol. The first-order valence-electron chi connectivity index (χ1n) is 30.6. The number of hydrogen-bond acceptors (Lipinski definition) is 26. The van der Waals surface area contributed by atoms with Gasteiger partial charge in [0.1, 0.15) is 110 Å². The lowest BCUT2D eigenvalue weighted by atomic mass is 9.33. The van der Waals surface area contributed by atoms with E-state index in [1.54, 1.807) is 0 Å². The zero-order chi connectivity index (χ0) is 62.0. The molecule has 10 rings (SSSR count). The molecule has 0 spiro atoms. The second-order valence-corrected chi connectivity index (χ2v) is 28.7. The van der Waals surface area contributed by atoms with Gasteiger partial charge in [0.05, 0.1) is 44.1 Å². The summed E-state index contributed by atoms with van der Waals surface area (Å²) >= 11 is 0. The van der Waals surface area contributed by atoms with Crippen molar-refractivity contribution in [3.63, 3.8) is 0 Å². The number of esters is 1. The monoisotopic (exact) mass is 1220 g/mol. The first kappa shape index (κ1) is 66.2. The van der Waals surface area contributed by atoms with E-state index in [-0.39, 0.29) is 46.0 Å². The molecule has 0 amide bonds. The summed E-state index contributed by atoms with van der Waals surface area (Å²) in [6.45, 7) is 15.0. The minimum Gasteiger partial charge on any atom is -0.432 e. The van der Waals surface area contributed by atoms with E-state index in [4.69, 9.17) is 47.4 Å². The summed E-state index contributed by atoms with van der Waals surface area (Å²) in [5.74, 6) is -0.520. The molecular formula is C59H96O26. The van der Waals surface area contributed by atoms with Crippen LogP contribution < -0.4 is 0 Å². The van der Waals surface area contributed by atoms with Crippen molar-refractivity contribution >= 4 is 5.97 Å². The highest BCUT2D eigenvalue weighted by atomic mass is 16.8. The maximum atomic E-state index is 15.2. The number of fused-ring (bicyclic) bond motifs is 7. The van der Waals surface area contributed by atoms with Crippen molar-refractivity contribution < 1.29 is 129 Å². The van der Waals surface area contributed by atoms with Crippen LogP contribution in [0.5, 0.6) is 0 Å². The molecule has 0 unspecified atom stereocenters. The number of aliphatic hydroxyl groups is 15. The van der Waals surface area contributed by atoms with Crippen molar-refractivity contribution in [3.05, 3.63) is 11.6 Å². The van der Waals surface area contributed by atoms with Crippen molar-refractivity contribution in [1.29, 1.82) is 0 Å². The van der Waals surface area contributed by atoms with E-state index < -0.39 is 190 Å². The van der Waals surface area contributed by atoms with Crippen LogP contribution in [0, 0.1) is 50.2 Å². The van der Waals surface area contributed by atoms with Gasteiger partial charge in [0.25, 0.3) is 0 Å². The van der Waals surface area contributed by atoms with Crippen LogP contribution in [-0.2, 0) is 52.2 Å². The van der Waals surface area contributed by atoms with E-state index >= 15 is 4.79 Å². The Morgan fingerprint density at radius 1 is 0.553 bits per heavy atom. The maximum absolute atomic E-state index is 15.2. The van der Waals surface area contributed by atoms with Gasteiger partial charge in [-0.05, 0) is 116 Å². The van der Waals surface area contributed by atoms with Gasteiger partial charge >= 0.3 is 5.97 Å². The summed E-state index contributed by atoms with van der Waals surface area (Å²) < 4.78 is 59.4. The number of ether oxygens (including phenoxy) is 10. The molecule has 32 atom stereocenters. The molecule has 5 saturated heterocycles. The molecule has 26 nitrogen and oxygen atoms in total. The van der Waals surface area contributed by atoms with Gasteiger partial charge in [-0.1, -0.05) is 60.1 Å². The first-order chi connectivity index (χ1) is 39.8. The van der Waals surface area contributed by atoms with Gasteiger partial charge in [0.15, 0.2) is 25.2 Å². The summed E-state index contributed by atoms with van der Waals surface area (Å²) in [6.07, 6.45) is -29.5. The molecular weight excluding hydrogens is 1120 g/mol. The molecule has 0 aromatic carbocycles. The van der Waals surface area contributed by atoms with Crippen molar-refractivity contribution in [2.75, 3.05) is 26.4 Å². The Hall–Kier alpha value is -1.75. The van der Waals surface area contributed by atoms with Crippen LogP contribution in [0.4, 0.5) is 0 Å². The largest absolute Gasteiger partial charge is 0.432 e. The standard InChI is InChI=1S/C59H96O26/c1-24-34(63)38(67)42(71)49(78-24)83-46-29(21-61)80-48(45(74)41(46)70)77-23-30-37(66)40(69)44(73)51(81-30)85-53(75)59-17-15-54(2,3)19-26(59)25-9-10-32-56(6)13-12-33(55(4,5)31(56)11-14-58(32,8)57(25,7)16-18-59)82-52-47(35(64)27(62)22-76-52)84-50-43(72)39(68)36(65)28(20-60)79-50/h9,24,26-52,60-74H,10-23H2,1-8H3/t24-,26-,27+,28+,29+,30+,31-,32+,33-,34-,35+,36+,37+,38+,39-,40-,41+,42+,43+,44+,45+,46+,47+,48+,49-,50-,51-,52-,56-,57+,58+,59-/m0/s1. The normalized spacial score (nSPS) is 54.1. The smallest absolute Gasteiger partial charge is 0.315 e. The van der Waals surface area contributed by atoms with Gasteiger partial charge < -0.3 is 124 Å². The SMILES string of the molecule is C[C@@H]1O[C@@H](O[C@H]2[C@H](O)[C@@H](O)[C@H](OC[C@H]3O[C@@H](OC(=O)[C@]45CCC(C)(C)C[C@H]4C4=CC[C@@H]6[C@@]7(C)CC[C@H](O[C@@H]8OC[C@@H](O)[C@@H](O)[C@H]8O[C@@H]8O[C@H](CO)[C@@H](O)[C@H](O)[C@H]8O)C(C)(C)[C@@H]7CC[C@@]6(C)[C@]4(C)CC5)[C@H](O)[C@@H](O)[C@@H]3O)O[C@@H]2CO)[C@H](O)[C@H](O)[C@H]1O. The summed E-state index contributed by atoms with van der Waals surface area (Å²) in [5, 5.41) is 161. The Balaban J connectivity index is 0.824. The molecule has 5 aliphatic carbocycles. The molecule has 5 aliphatic heterocycles. The molecule has 0 bridgehead atoms. The highest BCUT2D eigenvalue weighted by molar-refractivity contribution is 5.79. The summed E-state index contributed by atoms with van der Waals surface area (Å²) in [4.78, 5) is 15.2. The number of rotatable bonds is 13. The van der Waals surface area contributed by atoms with Crippen LogP contribution in [0.15, 0.2) is 11.6 Å². The van der Waals surface area contributed by atoms with E-state index in [1.807, 2.05) is 0 Å². The molecule has 0 radical (unpaired) electrons. The van der Waals surface area contributed by atoms with Crippen LogP contribution in [0.2, 0.25) is 0 Å². The van der Waals surface area contributed by atoms with Gasteiger partial charge in [-0.3, -0.25) is 4.79 Å². The van der Waals surface area contributed by atoms with Gasteiger partial charge in [-0.2, -0.15) is 0 Å². The third kappa shape index (κ3) is 11.2. The summed E-state index contributed by atoms with van der Waals surface area (Å²) in [7, 11) is 0. The molecule has 0 aromatic rings. The quantitative estimate of drug-likeness (QED) is 0.0513. The van der Waals surface area contributed by atoms with Crippen molar-refractivity contribution in [2.24, 2.45) is 50.2 Å². The van der Waals surface area contributed by atoms with Crippen LogP contribution in [0.1, 0.15) is 120 Å². The maximum Gasteiger partial charge on any atom is 0.315 e. The second kappa shape index (κ2) is 24.4. The van der Waals surface area contributed by atoms with Crippen molar-refractivity contribution in [1.82, 2.24) is 0 Å². The fraction of sp³-hybridized carbons (Fsp3) is 0.949. The van der Waals surface area contributed by atoms with Crippen LogP contribution in [-0.4, -0.2) is 263 Å². The highest BCUT2D eigenvalue weighted by Gasteiger charge is 2.70. The predicted molar refractivity (Wildman–Crippen MR) is 288 cm³/mol. The summed E-state index contributed by atoms with van der Waals surface area (Å²) in [5.41, 5.74) is -1.25. The van der Waals surface area contributed by atoms with E-state index in [0.717, 1.165) is 25.7 Å². The van der Waals surface area contributed by atoms with Gasteiger partial charge in [0, 0.05) is 0 Å². The first-order valence-corrected chi connectivity index (χ1v) is 30.6. The van der Waals surface area contributed by atoms with E-state index in [1.165, 1.54) is 12.5 Å². The Morgan fingerprint density at radius 3 is 1.80 bits per heavy atom. The molecule has 15 N–H and O–H groups in total. The lowest BCUT2D eigenvalue weighted by molar-refractivity contribution is -0.367. The minimum absolute atomic E-state index is 0.141. The van der Waals surface area contributed by atoms with Crippen molar-refractivity contribution in [3.8, 4) is 0 Å². The molecule has 85 heavy (non-hydrogen) atoms. The Labute approximate surface area is 494 Å². The third-order valence-corrected chi connectivity index (χ3v) is 23.1. The lowest BCUT2D eigenvalue weighted by Gasteiger charge is -2.71. The molecule has 488 valence electrons. The van der Waals surface area contributed by atoms with Crippen molar-refractivity contribution in [2.45, 2.75) is 273 Å². The fourth-order valence-electron chi connectivity index (χ4n) is 17.6. The van der Waals surface area contributed by atoms with Gasteiger partial charge in [0.2, 0.25) is 6.29 Å². The number of allylic oxidation sites excluding steroid dienone is 2. The zero-order valence-electron chi connectivity index (χ0n) is 49.8. The second-order valence-electron chi connectivity index (χ2n) is 28.7. The van der Waals surface area contributed by atoms with E-state index in [9.17, 15) is 76.6 Å². The average Bonchev–Trinajstić information content (AvgIpc) is 0.699. The lowest BCUT2D eigenvalue weighted by Crippen LogP contribution is -2.66. The minimum atomic E-state index is -1.89. The van der Waals surface area contributed by atoms with Gasteiger partial charge in [-0.25, -0.2) is 0 Å². The van der Waals surface area contributed by atoms with E-state index in [2.05, 4.69) is 54.5 Å². The number of aliphatic hydroxyl groups excluding tert-OH is 15. The molecule has 5 heterocycles. The molecule has 9 fully saturated rings. The Morgan fingerprint density at radius 2 is 1.13 bits per heavy atom. The van der Waals surface area contributed by atoms with Crippen LogP contribution in [0.25, 0.3) is 0 Å². The molecule has 4 saturated carbocycles. The Kier molecular flexibility index (Phi) is 19.0. The Bertz CT molecular complexity index is 2360. The molecule has 0 aromatic heterocycles. The topological polar surface area (TPSA) is 413 Å².